The number of nitrogens with one attached hydrogen (secondary N) is 1. The van der Waals surface area contributed by atoms with Gasteiger partial charge in [-0.25, -0.2) is 9.36 Å². The number of aromatic nitrogens is 2. The van der Waals surface area contributed by atoms with Crippen molar-refractivity contribution in [3.8, 4) is 11.5 Å². The highest BCUT2D eigenvalue weighted by Crippen LogP contribution is 2.52. The van der Waals surface area contributed by atoms with Crippen molar-refractivity contribution in [1.29, 1.82) is 0 Å². The Bertz CT molecular complexity index is 1210. The first kappa shape index (κ1) is 18.0. The molecule has 3 aromatic rings. The molecule has 5 rings (SSSR count). The Morgan fingerprint density at radius 1 is 1.07 bits per heavy atom. The van der Waals surface area contributed by atoms with Crippen LogP contribution < -0.4 is 11.2 Å². The average molecular weight is 393 g/mol. The topological polar surface area (TPSA) is 98.6 Å². The van der Waals surface area contributed by atoms with Crippen molar-refractivity contribution in [2.24, 2.45) is 11.8 Å². The number of phenols is 2. The van der Waals surface area contributed by atoms with Gasteiger partial charge in [0, 0.05) is 13.1 Å². The fraction of sp³-hybridized carbons (Fsp3) is 0.364. The SMILES string of the molecule is CC(N1CC2CC(c3ccc(O)c(O)c3)C2C1)n1c(=O)[nH]c2ccccc2c1=O. The molecular weight excluding hydrogens is 370 g/mol. The lowest BCUT2D eigenvalue weighted by Crippen LogP contribution is -2.43. The Balaban J connectivity index is 1.41. The molecule has 1 aliphatic carbocycles. The van der Waals surface area contributed by atoms with Crippen molar-refractivity contribution in [1.82, 2.24) is 14.5 Å². The molecule has 2 heterocycles. The number of aromatic amines is 1. The predicted molar refractivity (Wildman–Crippen MR) is 109 cm³/mol. The number of likely N-dealkylation sites (tertiary alicyclic amines) is 1. The van der Waals surface area contributed by atoms with Crippen LogP contribution in [0.5, 0.6) is 11.5 Å². The van der Waals surface area contributed by atoms with Gasteiger partial charge in [-0.3, -0.25) is 9.69 Å². The summed E-state index contributed by atoms with van der Waals surface area (Å²) in [7, 11) is 0. The Labute approximate surface area is 166 Å². The van der Waals surface area contributed by atoms with Crippen LogP contribution in [0.1, 0.15) is 31.0 Å². The van der Waals surface area contributed by atoms with Gasteiger partial charge in [-0.05, 0) is 60.9 Å². The normalized spacial score (nSPS) is 24.9. The Kier molecular flexibility index (Phi) is 4.03. The molecule has 0 amide bonds. The van der Waals surface area contributed by atoms with Crippen molar-refractivity contribution < 1.29 is 10.2 Å². The van der Waals surface area contributed by atoms with Crippen LogP contribution >= 0.6 is 0 Å². The third-order valence-corrected chi connectivity index (χ3v) is 6.76. The van der Waals surface area contributed by atoms with Gasteiger partial charge in [0.1, 0.15) is 0 Å². The van der Waals surface area contributed by atoms with Gasteiger partial charge in [0.25, 0.3) is 5.56 Å². The van der Waals surface area contributed by atoms with Crippen molar-refractivity contribution in [2.75, 3.05) is 13.1 Å². The fourth-order valence-electron chi connectivity index (χ4n) is 5.08. The maximum absolute atomic E-state index is 12.9. The minimum atomic E-state index is -0.388. The minimum Gasteiger partial charge on any atom is -0.504 e. The van der Waals surface area contributed by atoms with Gasteiger partial charge in [-0.1, -0.05) is 18.2 Å². The molecule has 0 radical (unpaired) electrons. The van der Waals surface area contributed by atoms with E-state index in [0.29, 0.717) is 28.7 Å². The van der Waals surface area contributed by atoms with Gasteiger partial charge >= 0.3 is 5.69 Å². The van der Waals surface area contributed by atoms with E-state index in [1.165, 1.54) is 10.6 Å². The number of phenolic OH excluding ortho intramolecular Hbond substituents is 2. The molecule has 3 N–H and O–H groups in total. The molecule has 2 fully saturated rings. The maximum Gasteiger partial charge on any atom is 0.330 e. The number of fused-ring (bicyclic) bond motifs is 2. The molecule has 2 aliphatic rings. The standard InChI is InChI=1S/C22H23N3O4/c1-12(25-21(28)15-4-2-3-5-18(15)23-22(25)29)24-10-14-8-16(17(14)11-24)13-6-7-19(26)20(27)9-13/h2-7,9,12,14,16-17,26-27H,8,10-11H2,1H3,(H,23,29). The zero-order chi connectivity index (χ0) is 20.3. The van der Waals surface area contributed by atoms with E-state index in [1.807, 2.05) is 13.0 Å². The molecule has 29 heavy (non-hydrogen) atoms. The summed E-state index contributed by atoms with van der Waals surface area (Å²) in [5.41, 5.74) is 0.924. The summed E-state index contributed by atoms with van der Waals surface area (Å²) in [6.45, 7) is 3.53. The molecule has 7 nitrogen and oxygen atoms in total. The van der Waals surface area contributed by atoms with E-state index in [0.717, 1.165) is 25.1 Å². The smallest absolute Gasteiger partial charge is 0.330 e. The second-order valence-electron chi connectivity index (χ2n) is 8.25. The van der Waals surface area contributed by atoms with Crippen molar-refractivity contribution in [2.45, 2.75) is 25.4 Å². The lowest BCUT2D eigenvalue weighted by molar-refractivity contribution is 0.178. The molecule has 7 heteroatoms. The predicted octanol–water partition coefficient (Wildman–Crippen LogP) is 2.36. The van der Waals surface area contributed by atoms with Gasteiger partial charge in [0.15, 0.2) is 11.5 Å². The zero-order valence-electron chi connectivity index (χ0n) is 16.1. The van der Waals surface area contributed by atoms with E-state index >= 15 is 0 Å². The third kappa shape index (κ3) is 2.76. The summed E-state index contributed by atoms with van der Waals surface area (Å²) in [5.74, 6) is 1.03. The monoisotopic (exact) mass is 393 g/mol. The highest BCUT2D eigenvalue weighted by Gasteiger charge is 2.48. The number of para-hydroxylation sites is 1. The van der Waals surface area contributed by atoms with Crippen molar-refractivity contribution in [3.05, 3.63) is 68.9 Å². The van der Waals surface area contributed by atoms with E-state index in [4.69, 9.17) is 0 Å². The van der Waals surface area contributed by atoms with Crippen molar-refractivity contribution in [3.63, 3.8) is 0 Å². The molecule has 0 spiro atoms. The molecular formula is C22H23N3O4. The third-order valence-electron chi connectivity index (χ3n) is 6.76. The van der Waals surface area contributed by atoms with Crippen LogP contribution in [0.4, 0.5) is 0 Å². The van der Waals surface area contributed by atoms with Crippen LogP contribution in [0.15, 0.2) is 52.1 Å². The van der Waals surface area contributed by atoms with Crippen LogP contribution in [0.25, 0.3) is 10.9 Å². The summed E-state index contributed by atoms with van der Waals surface area (Å²) in [4.78, 5) is 30.6. The summed E-state index contributed by atoms with van der Waals surface area (Å²) in [6.07, 6.45) is 0.663. The highest BCUT2D eigenvalue weighted by molar-refractivity contribution is 5.76. The van der Waals surface area contributed by atoms with Gasteiger partial charge in [0.2, 0.25) is 0 Å². The maximum atomic E-state index is 12.9. The van der Waals surface area contributed by atoms with Gasteiger partial charge in [-0.15, -0.1) is 0 Å². The molecule has 1 saturated carbocycles. The molecule has 2 aromatic carbocycles. The molecule has 4 atom stereocenters. The number of hydrogen-bond acceptors (Lipinski definition) is 5. The number of benzene rings is 2. The van der Waals surface area contributed by atoms with Crippen molar-refractivity contribution >= 4 is 10.9 Å². The van der Waals surface area contributed by atoms with Gasteiger partial charge in [0.05, 0.1) is 17.1 Å². The van der Waals surface area contributed by atoms with Crippen LogP contribution in [0.2, 0.25) is 0 Å². The average Bonchev–Trinajstić information content (AvgIpc) is 3.01. The molecule has 150 valence electrons. The highest BCUT2D eigenvalue weighted by atomic mass is 16.3. The summed E-state index contributed by atoms with van der Waals surface area (Å²) >= 11 is 0. The summed E-state index contributed by atoms with van der Waals surface area (Å²) < 4.78 is 1.31. The quantitative estimate of drug-likeness (QED) is 0.594. The van der Waals surface area contributed by atoms with Crippen LogP contribution in [0, 0.1) is 11.8 Å². The van der Waals surface area contributed by atoms with Crippen LogP contribution in [-0.2, 0) is 0 Å². The Morgan fingerprint density at radius 2 is 1.86 bits per heavy atom. The lowest BCUT2D eigenvalue weighted by atomic mass is 9.64. The molecule has 1 saturated heterocycles. The Hall–Kier alpha value is -3.06. The first-order chi connectivity index (χ1) is 13.9. The van der Waals surface area contributed by atoms with E-state index in [-0.39, 0.29) is 28.9 Å². The van der Waals surface area contributed by atoms with Crippen LogP contribution in [0.3, 0.4) is 0 Å². The Morgan fingerprint density at radius 3 is 2.66 bits per heavy atom. The first-order valence-corrected chi connectivity index (χ1v) is 9.93. The van der Waals surface area contributed by atoms with Gasteiger partial charge in [-0.2, -0.15) is 0 Å². The number of H-pyrrole nitrogens is 1. The second kappa shape index (κ2) is 6.49. The van der Waals surface area contributed by atoms with E-state index in [1.54, 1.807) is 30.3 Å². The van der Waals surface area contributed by atoms with Crippen LogP contribution in [-0.4, -0.2) is 37.8 Å². The molecule has 0 bridgehead atoms. The molecule has 1 aliphatic heterocycles. The first-order valence-electron chi connectivity index (χ1n) is 9.93. The fourth-order valence-corrected chi connectivity index (χ4v) is 5.08. The number of aromatic hydroxyl groups is 2. The zero-order valence-corrected chi connectivity index (χ0v) is 16.1. The summed E-state index contributed by atoms with van der Waals surface area (Å²) in [5, 5.41) is 19.9. The largest absolute Gasteiger partial charge is 0.504 e. The van der Waals surface area contributed by atoms with E-state index < -0.39 is 0 Å². The summed E-state index contributed by atoms with van der Waals surface area (Å²) in [6, 6.07) is 12.1. The minimum absolute atomic E-state index is 0.0941. The second-order valence-corrected chi connectivity index (χ2v) is 8.25. The van der Waals surface area contributed by atoms with E-state index in [9.17, 15) is 19.8 Å². The molecule has 1 aromatic heterocycles. The lowest BCUT2D eigenvalue weighted by Gasteiger charge is -2.40. The number of hydrogen-bond donors (Lipinski definition) is 3. The molecule has 4 unspecified atom stereocenters. The number of nitrogens with zero attached hydrogens (tertiary/aromatic N) is 2. The van der Waals surface area contributed by atoms with Gasteiger partial charge < -0.3 is 15.2 Å². The van der Waals surface area contributed by atoms with E-state index in [2.05, 4.69) is 9.88 Å². The number of rotatable bonds is 3.